The average Bonchev–Trinajstić information content (AvgIpc) is 2.26. The van der Waals surface area contributed by atoms with E-state index < -0.39 is 5.97 Å². The fourth-order valence-corrected chi connectivity index (χ4v) is 1.69. The fourth-order valence-electron chi connectivity index (χ4n) is 1.69. The van der Waals surface area contributed by atoms with Gasteiger partial charge in [0.05, 0.1) is 0 Å². The van der Waals surface area contributed by atoms with Gasteiger partial charge >= 0.3 is 5.97 Å². The lowest BCUT2D eigenvalue weighted by Gasteiger charge is -2.22. The fraction of sp³-hybridized carbons (Fsp3) is 0.643. The number of ether oxygens (including phenoxy) is 1. The minimum absolute atomic E-state index is 0.117. The summed E-state index contributed by atoms with van der Waals surface area (Å²) in [6, 6.07) is -0.160. The topological polar surface area (TPSA) is 84.5 Å². The molecule has 6 heteroatoms. The molecule has 0 bridgehead atoms. The first-order valence-corrected chi connectivity index (χ1v) is 6.60. The molecule has 0 aliphatic carbocycles. The van der Waals surface area contributed by atoms with E-state index in [1.807, 2.05) is 0 Å². The summed E-state index contributed by atoms with van der Waals surface area (Å²) in [5.74, 6) is -0.717. The highest BCUT2D eigenvalue weighted by atomic mass is 16.5. The second-order valence-electron chi connectivity index (χ2n) is 4.90. The Hall–Kier alpha value is -1.85. The number of hydrogen-bond donors (Lipinski definition) is 2. The van der Waals surface area contributed by atoms with Crippen LogP contribution in [0.5, 0.6) is 0 Å². The van der Waals surface area contributed by atoms with Gasteiger partial charge in [0.2, 0.25) is 11.8 Å². The molecule has 0 saturated heterocycles. The SMILES string of the molecule is C=C(C)C(=O)OC(C)CC(CCNC(C)=O)NC(C)=O. The lowest BCUT2D eigenvalue weighted by Crippen LogP contribution is -2.39. The molecule has 2 unspecified atom stereocenters. The van der Waals surface area contributed by atoms with Crippen LogP contribution in [0.4, 0.5) is 0 Å². The molecule has 0 aromatic rings. The van der Waals surface area contributed by atoms with Crippen molar-refractivity contribution >= 4 is 17.8 Å². The Balaban J connectivity index is 4.32. The summed E-state index contributed by atoms with van der Waals surface area (Å²) < 4.78 is 5.17. The van der Waals surface area contributed by atoms with Crippen molar-refractivity contribution in [2.45, 2.75) is 52.7 Å². The summed E-state index contributed by atoms with van der Waals surface area (Å²) in [6.45, 7) is 10.2. The van der Waals surface area contributed by atoms with Crippen molar-refractivity contribution in [3.63, 3.8) is 0 Å². The van der Waals surface area contributed by atoms with Crippen LogP contribution < -0.4 is 10.6 Å². The summed E-state index contributed by atoms with van der Waals surface area (Å²) >= 11 is 0. The number of esters is 1. The molecule has 0 radical (unpaired) electrons. The largest absolute Gasteiger partial charge is 0.459 e. The highest BCUT2D eigenvalue weighted by Crippen LogP contribution is 2.08. The first-order valence-electron chi connectivity index (χ1n) is 6.60. The minimum atomic E-state index is -0.444. The second-order valence-corrected chi connectivity index (χ2v) is 4.90. The van der Waals surface area contributed by atoms with Crippen LogP contribution in [0.2, 0.25) is 0 Å². The molecule has 2 atom stereocenters. The third kappa shape index (κ3) is 9.13. The summed E-state index contributed by atoms with van der Waals surface area (Å²) in [6.07, 6.45) is 0.722. The van der Waals surface area contributed by atoms with Gasteiger partial charge < -0.3 is 15.4 Å². The highest BCUT2D eigenvalue weighted by molar-refractivity contribution is 5.87. The van der Waals surface area contributed by atoms with Crippen LogP contribution in [0.3, 0.4) is 0 Å². The van der Waals surface area contributed by atoms with E-state index in [0.29, 0.717) is 25.0 Å². The molecule has 6 nitrogen and oxygen atoms in total. The third-order valence-corrected chi connectivity index (χ3v) is 2.55. The molecule has 0 heterocycles. The van der Waals surface area contributed by atoms with Gasteiger partial charge in [-0.3, -0.25) is 9.59 Å². The van der Waals surface area contributed by atoms with E-state index in [2.05, 4.69) is 17.2 Å². The van der Waals surface area contributed by atoms with Crippen molar-refractivity contribution in [1.29, 1.82) is 0 Å². The molecule has 20 heavy (non-hydrogen) atoms. The maximum Gasteiger partial charge on any atom is 0.333 e. The van der Waals surface area contributed by atoms with Gasteiger partial charge in [-0.05, 0) is 20.3 Å². The zero-order valence-electron chi connectivity index (χ0n) is 12.6. The summed E-state index contributed by atoms with van der Waals surface area (Å²) in [4.78, 5) is 33.3. The van der Waals surface area contributed by atoms with E-state index in [9.17, 15) is 14.4 Å². The maximum absolute atomic E-state index is 11.4. The van der Waals surface area contributed by atoms with Crippen molar-refractivity contribution in [2.24, 2.45) is 0 Å². The monoisotopic (exact) mass is 284 g/mol. The summed E-state index contributed by atoms with van der Waals surface area (Å²) in [5, 5.41) is 5.45. The Kier molecular flexibility index (Phi) is 8.27. The van der Waals surface area contributed by atoms with Gasteiger partial charge in [0, 0.05) is 38.4 Å². The van der Waals surface area contributed by atoms with Crippen molar-refractivity contribution in [3.8, 4) is 0 Å². The van der Waals surface area contributed by atoms with Gasteiger partial charge in [-0.15, -0.1) is 0 Å². The van der Waals surface area contributed by atoms with Crippen LogP contribution in [-0.2, 0) is 19.1 Å². The Bertz CT molecular complexity index is 379. The number of nitrogens with one attached hydrogen (secondary N) is 2. The Morgan fingerprint density at radius 3 is 2.20 bits per heavy atom. The van der Waals surface area contributed by atoms with E-state index >= 15 is 0 Å². The van der Waals surface area contributed by atoms with Crippen LogP contribution in [-0.4, -0.2) is 36.5 Å². The van der Waals surface area contributed by atoms with Crippen LogP contribution in [0.15, 0.2) is 12.2 Å². The zero-order valence-corrected chi connectivity index (χ0v) is 12.6. The molecule has 0 aromatic carbocycles. The van der Waals surface area contributed by atoms with E-state index in [0.717, 1.165) is 0 Å². The van der Waals surface area contributed by atoms with E-state index in [4.69, 9.17) is 4.74 Å². The maximum atomic E-state index is 11.4. The number of amides is 2. The first-order chi connectivity index (χ1) is 9.22. The van der Waals surface area contributed by atoms with Crippen LogP contribution in [0.1, 0.15) is 40.5 Å². The number of hydrogen-bond acceptors (Lipinski definition) is 4. The molecular weight excluding hydrogens is 260 g/mol. The standard InChI is InChI=1S/C14H24N2O4/c1-9(2)14(19)20-10(3)8-13(16-12(5)18)6-7-15-11(4)17/h10,13H,1,6-8H2,2-5H3,(H,15,17)(H,16,18). The minimum Gasteiger partial charge on any atom is -0.459 e. The Morgan fingerprint density at radius 1 is 1.15 bits per heavy atom. The van der Waals surface area contributed by atoms with Crippen molar-refractivity contribution in [2.75, 3.05) is 6.54 Å². The van der Waals surface area contributed by atoms with Gasteiger partial charge in [-0.1, -0.05) is 6.58 Å². The molecule has 2 N–H and O–H groups in total. The predicted octanol–water partition coefficient (Wildman–Crippen LogP) is 0.915. The average molecular weight is 284 g/mol. The molecular formula is C14H24N2O4. The van der Waals surface area contributed by atoms with Crippen molar-refractivity contribution in [1.82, 2.24) is 10.6 Å². The predicted molar refractivity (Wildman–Crippen MR) is 75.9 cm³/mol. The number of carbonyl (C=O) groups is 3. The van der Waals surface area contributed by atoms with Gasteiger partial charge in [0.15, 0.2) is 0 Å². The van der Waals surface area contributed by atoms with Crippen LogP contribution >= 0.6 is 0 Å². The van der Waals surface area contributed by atoms with E-state index in [1.54, 1.807) is 13.8 Å². The van der Waals surface area contributed by atoms with Crippen molar-refractivity contribution < 1.29 is 19.1 Å². The highest BCUT2D eigenvalue weighted by Gasteiger charge is 2.17. The summed E-state index contributed by atoms with van der Waals surface area (Å²) in [5.41, 5.74) is 0.339. The molecule has 0 aliphatic rings. The quantitative estimate of drug-likeness (QED) is 0.512. The lowest BCUT2D eigenvalue weighted by atomic mass is 10.1. The number of carbonyl (C=O) groups excluding carboxylic acids is 3. The second kappa shape index (κ2) is 9.12. The molecule has 114 valence electrons. The van der Waals surface area contributed by atoms with Gasteiger partial charge in [0.1, 0.15) is 6.10 Å². The molecule has 2 amide bonds. The lowest BCUT2D eigenvalue weighted by molar-refractivity contribution is -0.143. The van der Waals surface area contributed by atoms with Crippen LogP contribution in [0, 0.1) is 0 Å². The molecule has 0 fully saturated rings. The Labute approximate surface area is 119 Å². The van der Waals surface area contributed by atoms with Gasteiger partial charge in [0.25, 0.3) is 0 Å². The van der Waals surface area contributed by atoms with E-state index in [-0.39, 0.29) is 24.0 Å². The molecule has 0 aromatic heterocycles. The molecule has 0 saturated carbocycles. The summed E-state index contributed by atoms with van der Waals surface area (Å²) in [7, 11) is 0. The zero-order chi connectivity index (χ0) is 15.7. The number of rotatable bonds is 8. The van der Waals surface area contributed by atoms with Gasteiger partial charge in [-0.25, -0.2) is 4.79 Å². The van der Waals surface area contributed by atoms with E-state index in [1.165, 1.54) is 13.8 Å². The smallest absolute Gasteiger partial charge is 0.333 e. The first kappa shape index (κ1) is 18.1. The van der Waals surface area contributed by atoms with Gasteiger partial charge in [-0.2, -0.15) is 0 Å². The van der Waals surface area contributed by atoms with Crippen LogP contribution in [0.25, 0.3) is 0 Å². The molecule has 0 spiro atoms. The Morgan fingerprint density at radius 2 is 1.75 bits per heavy atom. The van der Waals surface area contributed by atoms with Crippen molar-refractivity contribution in [3.05, 3.63) is 12.2 Å². The normalized spacial score (nSPS) is 13.0. The third-order valence-electron chi connectivity index (χ3n) is 2.55. The molecule has 0 aliphatic heterocycles. The molecule has 0 rings (SSSR count).